The second kappa shape index (κ2) is 26.5. The Morgan fingerprint density at radius 3 is 0.914 bits per heavy atom. The number of rotatable bonds is 10. The standard InChI is InChI=1S/C42H38N2P2.2C5H5.2Fe/c1-5-19-35(20-6-1)45(36-21-7-2-8-22-36)41-29-15-17-33(41)31-43-39-27-13-14-28-40(39)44-32-34-18-16-30-42(34)46(37-23-9-3-10-24-37)38-25-11-4-12-26-38;2*1-2-4-5-3-1;;/h1-12,15-26,29-32,39-40H,13-14,27-28H2;2*1-5H;;/q;;;2*+2/t39-,40-;;;;/m1..../s1. The zero-order valence-electron chi connectivity index (χ0n) is 32.4. The third kappa shape index (κ3) is 13.8. The Morgan fingerprint density at radius 1 is 0.362 bits per heavy atom. The Bertz CT molecular complexity index is 1490. The van der Waals surface area contributed by atoms with Gasteiger partial charge in [0.25, 0.3) is 0 Å². The van der Waals surface area contributed by atoms with E-state index in [9.17, 15) is 0 Å². The molecule has 2 nitrogen and oxygen atoms in total. The molecule has 4 aromatic rings. The molecule has 0 unspecified atom stereocenters. The number of hydrogen-bond donors (Lipinski definition) is 0. The molecule has 20 radical (unpaired) electrons. The van der Waals surface area contributed by atoms with Gasteiger partial charge < -0.3 is 0 Å². The van der Waals surface area contributed by atoms with Crippen LogP contribution >= 0.6 is 15.8 Å². The minimum absolute atomic E-state index is 0. The van der Waals surface area contributed by atoms with Crippen LogP contribution < -0.4 is 21.2 Å². The monoisotopic (exact) mass is 874 g/mol. The van der Waals surface area contributed by atoms with Gasteiger partial charge in [0, 0.05) is 35.6 Å². The first-order chi connectivity index (χ1) is 27.8. The van der Waals surface area contributed by atoms with Crippen LogP contribution in [-0.4, -0.2) is 24.5 Å². The maximum atomic E-state index is 5.27. The van der Waals surface area contributed by atoms with E-state index < -0.39 is 15.8 Å². The largest absolute Gasteiger partial charge is 2.00 e. The van der Waals surface area contributed by atoms with Crippen LogP contribution in [0.2, 0.25) is 0 Å². The van der Waals surface area contributed by atoms with Crippen molar-refractivity contribution in [3.8, 4) is 0 Å². The molecule has 5 aliphatic carbocycles. The zero-order valence-corrected chi connectivity index (χ0v) is 36.4. The molecule has 0 amide bonds. The van der Waals surface area contributed by atoms with Gasteiger partial charge in [-0.3, -0.25) is 9.98 Å². The first-order valence-corrected chi connectivity index (χ1v) is 22.2. The summed E-state index contributed by atoms with van der Waals surface area (Å²) >= 11 is 0. The fourth-order valence-electron chi connectivity index (χ4n) is 7.07. The van der Waals surface area contributed by atoms with Crippen LogP contribution in [0.3, 0.4) is 0 Å². The molecular weight excluding hydrogens is 826 g/mol. The van der Waals surface area contributed by atoms with Crippen LogP contribution in [0.15, 0.2) is 131 Å². The topological polar surface area (TPSA) is 24.7 Å². The van der Waals surface area contributed by atoms with E-state index in [4.69, 9.17) is 9.98 Å². The van der Waals surface area contributed by atoms with Crippen LogP contribution in [-0.2, 0) is 34.1 Å². The summed E-state index contributed by atoms with van der Waals surface area (Å²) in [4.78, 5) is 10.5. The van der Waals surface area contributed by atoms with Gasteiger partial charge in [0.05, 0.1) is 12.1 Å². The van der Waals surface area contributed by atoms with Gasteiger partial charge in [-0.05, 0) is 153 Å². The normalized spacial score (nSPS) is 21.8. The minimum atomic E-state index is -0.669. The molecule has 5 aliphatic rings. The molecule has 2 atom stereocenters. The molecule has 5 fully saturated rings. The van der Waals surface area contributed by atoms with Crippen LogP contribution in [0.5, 0.6) is 0 Å². The fourth-order valence-corrected chi connectivity index (χ4v) is 11.9. The molecule has 0 N–H and O–H groups in total. The molecule has 0 aromatic heterocycles. The van der Waals surface area contributed by atoms with Gasteiger partial charge >= 0.3 is 34.1 Å². The second-order valence-electron chi connectivity index (χ2n) is 13.6. The quantitative estimate of drug-likeness (QED) is 0.0862. The molecule has 0 aliphatic heterocycles. The van der Waals surface area contributed by atoms with E-state index in [0.717, 1.165) is 12.8 Å². The Balaban J connectivity index is 0.000000467. The van der Waals surface area contributed by atoms with Crippen LogP contribution in [0.1, 0.15) is 25.7 Å². The summed E-state index contributed by atoms with van der Waals surface area (Å²) < 4.78 is 0. The number of aliphatic imine (C=N–C) groups is 2. The Kier molecular flexibility index (Phi) is 21.5. The third-order valence-electron chi connectivity index (χ3n) is 9.81. The van der Waals surface area contributed by atoms with Gasteiger partial charge in [0.2, 0.25) is 0 Å². The van der Waals surface area contributed by atoms with Crippen molar-refractivity contribution >= 4 is 49.5 Å². The molecule has 58 heavy (non-hydrogen) atoms. The van der Waals surface area contributed by atoms with Crippen LogP contribution in [0, 0.1) is 126 Å². The van der Waals surface area contributed by atoms with Gasteiger partial charge in [0.1, 0.15) is 0 Å². The fraction of sp³-hybridized carbons (Fsp3) is 0.115. The molecule has 0 heterocycles. The average molecular weight is 875 g/mol. The molecular formula is C52H48Fe2N2P2+4. The predicted octanol–water partition coefficient (Wildman–Crippen LogP) is 10.2. The predicted molar refractivity (Wildman–Crippen MR) is 243 cm³/mol. The van der Waals surface area contributed by atoms with Crippen molar-refractivity contribution in [3.63, 3.8) is 0 Å². The van der Waals surface area contributed by atoms with Gasteiger partial charge in [-0.25, -0.2) is 0 Å². The van der Waals surface area contributed by atoms with Gasteiger partial charge in [-0.15, -0.1) is 0 Å². The Hall–Kier alpha value is -1.88. The van der Waals surface area contributed by atoms with Crippen LogP contribution in [0.4, 0.5) is 0 Å². The zero-order chi connectivity index (χ0) is 38.0. The Morgan fingerprint density at radius 2 is 0.638 bits per heavy atom. The summed E-state index contributed by atoms with van der Waals surface area (Å²) in [5.74, 6) is 2.45. The maximum Gasteiger partial charge on any atom is 2.00 e. The van der Waals surface area contributed by atoms with Gasteiger partial charge in [-0.1, -0.05) is 134 Å². The molecule has 4 aromatic carbocycles. The van der Waals surface area contributed by atoms with Crippen molar-refractivity contribution in [2.45, 2.75) is 37.8 Å². The summed E-state index contributed by atoms with van der Waals surface area (Å²) in [6, 6.07) is 44.1. The molecule has 288 valence electrons. The molecule has 5 saturated carbocycles. The van der Waals surface area contributed by atoms with Crippen molar-refractivity contribution in [2.75, 3.05) is 0 Å². The summed E-state index contributed by atoms with van der Waals surface area (Å²) in [5, 5.41) is 5.45. The molecule has 6 heteroatoms. The van der Waals surface area contributed by atoms with E-state index in [-0.39, 0.29) is 46.2 Å². The van der Waals surface area contributed by atoms with Crippen molar-refractivity contribution in [1.82, 2.24) is 0 Å². The van der Waals surface area contributed by atoms with E-state index in [1.54, 1.807) is 0 Å². The minimum Gasteiger partial charge on any atom is -0.291 e. The van der Waals surface area contributed by atoms with E-state index in [1.807, 2.05) is 64.2 Å². The van der Waals surface area contributed by atoms with Crippen LogP contribution in [0.25, 0.3) is 0 Å². The number of nitrogens with zero attached hydrogens (tertiary/aromatic N) is 2. The molecule has 0 bridgehead atoms. The van der Waals surface area contributed by atoms with Crippen molar-refractivity contribution in [3.05, 3.63) is 247 Å². The summed E-state index contributed by atoms with van der Waals surface area (Å²) in [7, 11) is -1.34. The number of benzene rings is 4. The first kappa shape index (κ1) is 47.2. The molecule has 0 spiro atoms. The van der Waals surface area contributed by atoms with E-state index in [1.165, 1.54) is 57.2 Å². The molecule has 0 saturated heterocycles. The second-order valence-corrected chi connectivity index (χ2v) is 18.0. The average Bonchev–Trinajstić information content (AvgIpc) is 4.13. The van der Waals surface area contributed by atoms with Gasteiger partial charge in [0.15, 0.2) is 0 Å². The van der Waals surface area contributed by atoms with Gasteiger partial charge in [-0.2, -0.15) is 0 Å². The smallest absolute Gasteiger partial charge is 0.291 e. The summed E-state index contributed by atoms with van der Waals surface area (Å²) in [5.41, 5.74) is 2.73. The Labute approximate surface area is 376 Å². The summed E-state index contributed by atoms with van der Waals surface area (Å²) in [6.07, 6.45) is 42.3. The summed E-state index contributed by atoms with van der Waals surface area (Å²) in [6.45, 7) is 0. The molecule has 9 rings (SSSR count). The van der Waals surface area contributed by atoms with Crippen molar-refractivity contribution in [2.24, 2.45) is 9.98 Å². The SMILES string of the molecule is [CH]1[CH][CH][CH][CH]1.[CH]1[CH][CH][CH][CH]1.[CH]1[CH][C](C=N[C@@H]2CCCC[C@H]2N=C[C]2[CH][CH][CH][C]2P(c2ccccc2)c2ccccc2)[C](P(c2ccccc2)c2ccccc2)[CH]1.[Fe+2].[Fe+2]. The first-order valence-electron chi connectivity index (χ1n) is 19.6. The van der Waals surface area contributed by atoms with E-state index in [2.05, 4.69) is 172 Å². The van der Waals surface area contributed by atoms with E-state index >= 15 is 0 Å². The van der Waals surface area contributed by atoms with Crippen molar-refractivity contribution < 1.29 is 34.1 Å². The number of hydrogen-bond acceptors (Lipinski definition) is 2. The van der Waals surface area contributed by atoms with Crippen molar-refractivity contribution in [1.29, 1.82) is 0 Å². The maximum absolute atomic E-state index is 5.27. The van der Waals surface area contributed by atoms with E-state index in [0.29, 0.717) is 0 Å². The third-order valence-corrected chi connectivity index (χ3v) is 14.8.